The van der Waals surface area contributed by atoms with E-state index < -0.39 is 0 Å². The van der Waals surface area contributed by atoms with E-state index in [1.165, 1.54) is 6.42 Å². The van der Waals surface area contributed by atoms with Gasteiger partial charge in [0.15, 0.2) is 6.29 Å². The summed E-state index contributed by atoms with van der Waals surface area (Å²) in [6, 6.07) is 0. The average molecular weight is 161 g/mol. The standard InChI is InChI=1S/C8H19NO2/c1-4-6-7-9-11-8(3)10-5-2/h8-9H,4-7H2,1-3H3. The summed E-state index contributed by atoms with van der Waals surface area (Å²) in [4.78, 5) is 5.11. The number of hydroxylamine groups is 1. The van der Waals surface area contributed by atoms with Crippen LogP contribution < -0.4 is 5.48 Å². The molecule has 0 aromatic carbocycles. The van der Waals surface area contributed by atoms with Crippen LogP contribution in [0.4, 0.5) is 0 Å². The summed E-state index contributed by atoms with van der Waals surface area (Å²) in [7, 11) is 0. The smallest absolute Gasteiger partial charge is 0.174 e. The van der Waals surface area contributed by atoms with Crippen LogP contribution in [0.1, 0.15) is 33.6 Å². The van der Waals surface area contributed by atoms with Gasteiger partial charge in [-0.2, -0.15) is 5.48 Å². The van der Waals surface area contributed by atoms with Crippen LogP contribution in [-0.2, 0) is 9.57 Å². The van der Waals surface area contributed by atoms with E-state index in [0.29, 0.717) is 6.61 Å². The fourth-order valence-corrected chi connectivity index (χ4v) is 0.694. The molecule has 0 bridgehead atoms. The van der Waals surface area contributed by atoms with Crippen molar-refractivity contribution >= 4 is 0 Å². The molecule has 0 saturated carbocycles. The van der Waals surface area contributed by atoms with Crippen LogP contribution >= 0.6 is 0 Å². The summed E-state index contributed by atoms with van der Waals surface area (Å²) in [5.74, 6) is 0. The van der Waals surface area contributed by atoms with Crippen molar-refractivity contribution in [3.63, 3.8) is 0 Å². The Labute approximate surface area is 69.0 Å². The first kappa shape index (κ1) is 10.9. The van der Waals surface area contributed by atoms with E-state index in [4.69, 9.17) is 9.57 Å². The summed E-state index contributed by atoms with van der Waals surface area (Å²) >= 11 is 0. The zero-order valence-corrected chi connectivity index (χ0v) is 7.72. The van der Waals surface area contributed by atoms with Gasteiger partial charge in [0.2, 0.25) is 0 Å². The second kappa shape index (κ2) is 7.98. The maximum atomic E-state index is 5.14. The van der Waals surface area contributed by atoms with Crippen LogP contribution in [-0.4, -0.2) is 19.4 Å². The van der Waals surface area contributed by atoms with E-state index in [0.717, 1.165) is 13.0 Å². The van der Waals surface area contributed by atoms with Gasteiger partial charge in [-0.15, -0.1) is 0 Å². The number of rotatable bonds is 7. The van der Waals surface area contributed by atoms with Gasteiger partial charge in [-0.3, -0.25) is 4.84 Å². The summed E-state index contributed by atoms with van der Waals surface area (Å²) in [5, 5.41) is 0. The van der Waals surface area contributed by atoms with Crippen molar-refractivity contribution in [2.45, 2.75) is 39.9 Å². The third-order valence-electron chi connectivity index (χ3n) is 1.28. The maximum absolute atomic E-state index is 5.14. The molecule has 1 N–H and O–H groups in total. The second-order valence-electron chi connectivity index (χ2n) is 2.39. The van der Waals surface area contributed by atoms with E-state index in [-0.39, 0.29) is 6.29 Å². The Balaban J connectivity index is 2.97. The Hall–Kier alpha value is -0.120. The molecule has 0 heterocycles. The molecule has 1 atom stereocenters. The second-order valence-corrected chi connectivity index (χ2v) is 2.39. The minimum absolute atomic E-state index is 0.142. The van der Waals surface area contributed by atoms with Crippen LogP contribution in [0.2, 0.25) is 0 Å². The molecular weight excluding hydrogens is 142 g/mol. The van der Waals surface area contributed by atoms with Crippen molar-refractivity contribution in [2.24, 2.45) is 0 Å². The fourth-order valence-electron chi connectivity index (χ4n) is 0.694. The first-order valence-electron chi connectivity index (χ1n) is 4.31. The predicted molar refractivity (Wildman–Crippen MR) is 45.1 cm³/mol. The van der Waals surface area contributed by atoms with Gasteiger partial charge in [0.05, 0.1) is 0 Å². The van der Waals surface area contributed by atoms with Gasteiger partial charge in [-0.05, 0) is 20.3 Å². The Kier molecular flexibility index (Phi) is 7.89. The number of nitrogens with one attached hydrogen (secondary N) is 1. The molecule has 0 spiro atoms. The van der Waals surface area contributed by atoms with Crippen LogP contribution in [0, 0.1) is 0 Å². The molecule has 0 aliphatic rings. The van der Waals surface area contributed by atoms with Gasteiger partial charge in [-0.25, -0.2) is 0 Å². The molecule has 0 aliphatic heterocycles. The molecule has 0 aromatic heterocycles. The molecule has 0 fully saturated rings. The lowest BCUT2D eigenvalue weighted by Crippen LogP contribution is -2.24. The van der Waals surface area contributed by atoms with E-state index >= 15 is 0 Å². The lowest BCUT2D eigenvalue weighted by atomic mass is 10.3. The molecule has 0 rings (SSSR count). The van der Waals surface area contributed by atoms with Crippen molar-refractivity contribution in [2.75, 3.05) is 13.2 Å². The Morgan fingerprint density at radius 1 is 1.36 bits per heavy atom. The van der Waals surface area contributed by atoms with Gasteiger partial charge in [0.25, 0.3) is 0 Å². The quantitative estimate of drug-likeness (QED) is 0.350. The molecule has 68 valence electrons. The summed E-state index contributed by atoms with van der Waals surface area (Å²) < 4.78 is 5.14. The van der Waals surface area contributed by atoms with E-state index in [1.54, 1.807) is 0 Å². The number of unbranched alkanes of at least 4 members (excludes halogenated alkanes) is 1. The van der Waals surface area contributed by atoms with Crippen molar-refractivity contribution in [3.8, 4) is 0 Å². The lowest BCUT2D eigenvalue weighted by Gasteiger charge is -2.12. The molecule has 0 radical (unpaired) electrons. The van der Waals surface area contributed by atoms with Crippen molar-refractivity contribution in [1.82, 2.24) is 5.48 Å². The van der Waals surface area contributed by atoms with Crippen molar-refractivity contribution in [3.05, 3.63) is 0 Å². The van der Waals surface area contributed by atoms with Gasteiger partial charge in [0, 0.05) is 13.2 Å². The van der Waals surface area contributed by atoms with Gasteiger partial charge < -0.3 is 4.74 Å². The summed E-state index contributed by atoms with van der Waals surface area (Å²) in [6.07, 6.45) is 2.18. The lowest BCUT2D eigenvalue weighted by molar-refractivity contribution is -0.166. The number of hydrogen-bond acceptors (Lipinski definition) is 3. The van der Waals surface area contributed by atoms with Crippen LogP contribution in [0.15, 0.2) is 0 Å². The maximum Gasteiger partial charge on any atom is 0.174 e. The predicted octanol–water partition coefficient (Wildman–Crippen LogP) is 1.69. The van der Waals surface area contributed by atoms with Crippen molar-refractivity contribution < 1.29 is 9.57 Å². The molecule has 0 saturated heterocycles. The number of ether oxygens (including phenoxy) is 1. The minimum atomic E-state index is -0.142. The van der Waals surface area contributed by atoms with E-state index in [1.807, 2.05) is 13.8 Å². The highest BCUT2D eigenvalue weighted by Crippen LogP contribution is 1.90. The Morgan fingerprint density at radius 3 is 2.64 bits per heavy atom. The summed E-state index contributed by atoms with van der Waals surface area (Å²) in [5.41, 5.74) is 2.85. The normalized spacial score (nSPS) is 13.4. The largest absolute Gasteiger partial charge is 0.351 e. The third-order valence-corrected chi connectivity index (χ3v) is 1.28. The van der Waals surface area contributed by atoms with E-state index in [9.17, 15) is 0 Å². The molecule has 3 heteroatoms. The molecular formula is C8H19NO2. The first-order valence-corrected chi connectivity index (χ1v) is 4.31. The molecule has 11 heavy (non-hydrogen) atoms. The monoisotopic (exact) mass is 161 g/mol. The Bertz CT molecular complexity index is 78.5. The fraction of sp³-hybridized carbons (Fsp3) is 1.00. The SMILES string of the molecule is CCCCNOC(C)OCC. The highest BCUT2D eigenvalue weighted by atomic mass is 16.8. The Morgan fingerprint density at radius 2 is 2.09 bits per heavy atom. The summed E-state index contributed by atoms with van der Waals surface area (Å²) in [6.45, 7) is 7.56. The third kappa shape index (κ3) is 7.78. The van der Waals surface area contributed by atoms with Crippen LogP contribution in [0.5, 0.6) is 0 Å². The topological polar surface area (TPSA) is 30.5 Å². The molecule has 3 nitrogen and oxygen atoms in total. The van der Waals surface area contributed by atoms with E-state index in [2.05, 4.69) is 12.4 Å². The highest BCUT2D eigenvalue weighted by Gasteiger charge is 1.97. The van der Waals surface area contributed by atoms with Crippen molar-refractivity contribution in [1.29, 1.82) is 0 Å². The number of hydrogen-bond donors (Lipinski definition) is 1. The van der Waals surface area contributed by atoms with Gasteiger partial charge in [0.1, 0.15) is 0 Å². The zero-order valence-electron chi connectivity index (χ0n) is 7.72. The average Bonchev–Trinajstić information content (AvgIpc) is 1.99. The molecule has 0 aliphatic carbocycles. The molecule has 0 aromatic rings. The van der Waals surface area contributed by atoms with Gasteiger partial charge >= 0.3 is 0 Å². The molecule has 1 unspecified atom stereocenters. The minimum Gasteiger partial charge on any atom is -0.351 e. The van der Waals surface area contributed by atoms with Crippen LogP contribution in [0.3, 0.4) is 0 Å². The highest BCUT2D eigenvalue weighted by molar-refractivity contribution is 4.34. The van der Waals surface area contributed by atoms with Gasteiger partial charge in [-0.1, -0.05) is 13.3 Å². The zero-order chi connectivity index (χ0) is 8.53. The first-order chi connectivity index (χ1) is 5.31. The van der Waals surface area contributed by atoms with Crippen LogP contribution in [0.25, 0.3) is 0 Å². The molecule has 0 amide bonds.